The molecule has 8 heteroatoms. The molecule has 0 aliphatic rings. The summed E-state index contributed by atoms with van der Waals surface area (Å²) in [5.74, 6) is -0.739. The molecule has 2 amide bonds. The van der Waals surface area contributed by atoms with Gasteiger partial charge in [-0.3, -0.25) is 9.59 Å². The summed E-state index contributed by atoms with van der Waals surface area (Å²) in [6.45, 7) is 0.670. The van der Waals surface area contributed by atoms with E-state index < -0.39 is 0 Å². The van der Waals surface area contributed by atoms with E-state index in [1.54, 1.807) is 29.9 Å². The van der Waals surface area contributed by atoms with Crippen LogP contribution in [0.2, 0.25) is 0 Å². The van der Waals surface area contributed by atoms with E-state index in [1.165, 1.54) is 23.5 Å². The first-order valence-electron chi connectivity index (χ1n) is 9.85. The first-order chi connectivity index (χ1) is 15.1. The van der Waals surface area contributed by atoms with Crippen LogP contribution in [-0.2, 0) is 11.3 Å². The van der Waals surface area contributed by atoms with Crippen LogP contribution in [0.5, 0.6) is 0 Å². The van der Waals surface area contributed by atoms with Crippen molar-refractivity contribution in [3.05, 3.63) is 88.6 Å². The highest BCUT2D eigenvalue weighted by atomic mass is 32.1. The first kappa shape index (κ1) is 20.7. The molecule has 2 heterocycles. The third kappa shape index (κ3) is 5.16. The van der Waals surface area contributed by atoms with Crippen LogP contribution in [0.25, 0.3) is 11.0 Å². The zero-order valence-corrected chi connectivity index (χ0v) is 17.4. The number of para-hydroxylation sites is 2. The minimum atomic E-state index is -0.377. The van der Waals surface area contributed by atoms with Gasteiger partial charge in [0.25, 0.3) is 5.91 Å². The third-order valence-electron chi connectivity index (χ3n) is 4.94. The Kier molecular flexibility index (Phi) is 6.37. The summed E-state index contributed by atoms with van der Waals surface area (Å²) in [6.07, 6.45) is 1.87. The van der Waals surface area contributed by atoms with Gasteiger partial charge >= 0.3 is 0 Å². The second-order valence-electron chi connectivity index (χ2n) is 7.08. The molecular weight excluding hydrogens is 415 g/mol. The lowest BCUT2D eigenvalue weighted by molar-refractivity contribution is -0.121. The number of thiophene rings is 1. The van der Waals surface area contributed by atoms with Gasteiger partial charge in [-0.25, -0.2) is 9.37 Å². The number of aromatic nitrogens is 2. The van der Waals surface area contributed by atoms with Crippen LogP contribution < -0.4 is 10.6 Å². The van der Waals surface area contributed by atoms with Crippen molar-refractivity contribution in [1.29, 1.82) is 0 Å². The van der Waals surface area contributed by atoms with Crippen molar-refractivity contribution < 1.29 is 14.0 Å². The van der Waals surface area contributed by atoms with Crippen LogP contribution in [0.15, 0.2) is 71.7 Å². The van der Waals surface area contributed by atoms with Gasteiger partial charge in [-0.15, -0.1) is 0 Å². The fourth-order valence-corrected chi connectivity index (χ4v) is 3.97. The number of benzene rings is 2. The van der Waals surface area contributed by atoms with E-state index in [9.17, 15) is 14.0 Å². The number of halogens is 1. The van der Waals surface area contributed by atoms with Gasteiger partial charge in [0.05, 0.1) is 23.4 Å². The lowest BCUT2D eigenvalue weighted by Gasteiger charge is -2.20. The molecule has 0 spiro atoms. The van der Waals surface area contributed by atoms with Crippen LogP contribution in [-0.4, -0.2) is 27.9 Å². The summed E-state index contributed by atoms with van der Waals surface area (Å²) < 4.78 is 15.4. The maximum Gasteiger partial charge on any atom is 0.252 e. The van der Waals surface area contributed by atoms with Crippen LogP contribution in [0.3, 0.4) is 0 Å². The fraction of sp³-hybridized carbons (Fsp3) is 0.174. The number of nitrogens with one attached hydrogen (secondary N) is 2. The summed E-state index contributed by atoms with van der Waals surface area (Å²) in [5.41, 5.74) is 3.19. The lowest BCUT2D eigenvalue weighted by Crippen LogP contribution is -2.34. The Morgan fingerprint density at radius 1 is 1.10 bits per heavy atom. The molecule has 4 aromatic rings. The first-order valence-corrected chi connectivity index (χ1v) is 10.8. The van der Waals surface area contributed by atoms with E-state index in [1.807, 2.05) is 34.2 Å². The van der Waals surface area contributed by atoms with Gasteiger partial charge in [0.2, 0.25) is 5.91 Å². The predicted octanol–water partition coefficient (Wildman–Crippen LogP) is 3.91. The van der Waals surface area contributed by atoms with Gasteiger partial charge in [-0.2, -0.15) is 11.3 Å². The number of imidazole rings is 1. The Morgan fingerprint density at radius 2 is 1.90 bits per heavy atom. The normalized spacial score (nSPS) is 11.9. The van der Waals surface area contributed by atoms with E-state index in [4.69, 9.17) is 0 Å². The molecule has 0 fully saturated rings. The van der Waals surface area contributed by atoms with Gasteiger partial charge < -0.3 is 15.2 Å². The van der Waals surface area contributed by atoms with Crippen molar-refractivity contribution in [3.8, 4) is 0 Å². The van der Waals surface area contributed by atoms with E-state index in [0.29, 0.717) is 12.1 Å². The topological polar surface area (TPSA) is 76.0 Å². The molecule has 1 unspecified atom stereocenters. The molecule has 0 saturated heterocycles. The van der Waals surface area contributed by atoms with Gasteiger partial charge in [0.15, 0.2) is 0 Å². The molecule has 2 aromatic carbocycles. The number of hydrogen-bond acceptors (Lipinski definition) is 4. The zero-order valence-electron chi connectivity index (χ0n) is 16.6. The van der Waals surface area contributed by atoms with E-state index in [-0.39, 0.29) is 36.6 Å². The van der Waals surface area contributed by atoms with E-state index >= 15 is 0 Å². The van der Waals surface area contributed by atoms with Crippen molar-refractivity contribution >= 4 is 34.2 Å². The molecule has 0 aliphatic carbocycles. The third-order valence-corrected chi connectivity index (χ3v) is 5.62. The number of hydrogen-bond donors (Lipinski definition) is 2. The molecule has 2 N–H and O–H groups in total. The molecule has 0 bridgehead atoms. The Balaban J connectivity index is 1.43. The fourth-order valence-electron chi connectivity index (χ4n) is 3.33. The van der Waals surface area contributed by atoms with Crippen LogP contribution in [0.4, 0.5) is 4.39 Å². The van der Waals surface area contributed by atoms with Gasteiger partial charge in [0.1, 0.15) is 5.82 Å². The maximum absolute atomic E-state index is 13.4. The van der Waals surface area contributed by atoms with Crippen molar-refractivity contribution in [2.45, 2.75) is 19.0 Å². The molecule has 6 nitrogen and oxygen atoms in total. The van der Waals surface area contributed by atoms with Crippen LogP contribution in [0, 0.1) is 5.82 Å². The Hall–Kier alpha value is -3.52. The number of rotatable bonds is 8. The van der Waals surface area contributed by atoms with E-state index in [0.717, 1.165) is 16.6 Å². The quantitative estimate of drug-likeness (QED) is 0.440. The molecular formula is C23H21FN4O2S. The average Bonchev–Trinajstić information content (AvgIpc) is 3.44. The minimum Gasteiger partial charge on any atom is -0.351 e. The number of carbonyl (C=O) groups is 2. The number of fused-ring (bicyclic) bond motifs is 1. The second kappa shape index (κ2) is 9.53. The maximum atomic E-state index is 13.4. The van der Waals surface area contributed by atoms with Crippen molar-refractivity contribution in [1.82, 2.24) is 20.2 Å². The van der Waals surface area contributed by atoms with Crippen molar-refractivity contribution in [2.75, 3.05) is 6.54 Å². The van der Waals surface area contributed by atoms with E-state index in [2.05, 4.69) is 15.6 Å². The molecule has 31 heavy (non-hydrogen) atoms. The summed E-state index contributed by atoms with van der Waals surface area (Å²) in [6, 6.07) is 15.2. The molecule has 158 valence electrons. The highest BCUT2D eigenvalue weighted by molar-refractivity contribution is 7.08. The smallest absolute Gasteiger partial charge is 0.252 e. The Bertz CT molecular complexity index is 1170. The summed E-state index contributed by atoms with van der Waals surface area (Å²) in [5, 5.41) is 9.34. The SMILES string of the molecule is O=C(CCNC(=O)c1ccsc1)NC(Cn1cnc2ccccc21)c1ccc(F)cc1. The highest BCUT2D eigenvalue weighted by Crippen LogP contribution is 2.20. The monoisotopic (exact) mass is 436 g/mol. The van der Waals surface area contributed by atoms with Gasteiger partial charge in [-0.05, 0) is 41.3 Å². The lowest BCUT2D eigenvalue weighted by atomic mass is 10.1. The summed E-state index contributed by atoms with van der Waals surface area (Å²) >= 11 is 1.44. The molecule has 1 atom stereocenters. The predicted molar refractivity (Wildman–Crippen MR) is 118 cm³/mol. The zero-order chi connectivity index (χ0) is 21.6. The summed E-state index contributed by atoms with van der Waals surface area (Å²) in [4.78, 5) is 29.0. The number of amides is 2. The average molecular weight is 437 g/mol. The standard InChI is InChI=1S/C23H21FN4O2S/c24-18-7-5-16(6-8-18)20(13-28-15-26-19-3-1-2-4-21(19)28)27-22(29)9-11-25-23(30)17-10-12-31-14-17/h1-8,10,12,14-15,20H,9,11,13H2,(H,25,30)(H,27,29). The minimum absolute atomic E-state index is 0.137. The number of carbonyl (C=O) groups excluding carboxylic acids is 2. The second-order valence-corrected chi connectivity index (χ2v) is 7.86. The highest BCUT2D eigenvalue weighted by Gasteiger charge is 2.17. The molecule has 0 radical (unpaired) electrons. The van der Waals surface area contributed by atoms with Crippen molar-refractivity contribution in [3.63, 3.8) is 0 Å². The molecule has 0 saturated carbocycles. The molecule has 4 rings (SSSR count). The largest absolute Gasteiger partial charge is 0.351 e. The van der Waals surface area contributed by atoms with Crippen LogP contribution >= 0.6 is 11.3 Å². The number of nitrogens with zero attached hydrogens (tertiary/aromatic N) is 2. The Morgan fingerprint density at radius 3 is 2.68 bits per heavy atom. The van der Waals surface area contributed by atoms with Gasteiger partial charge in [-0.1, -0.05) is 24.3 Å². The Labute approximate surface area is 182 Å². The summed E-state index contributed by atoms with van der Waals surface area (Å²) in [7, 11) is 0. The van der Waals surface area contributed by atoms with Crippen molar-refractivity contribution in [2.24, 2.45) is 0 Å². The molecule has 2 aromatic heterocycles. The van der Waals surface area contributed by atoms with Gasteiger partial charge in [0, 0.05) is 30.5 Å². The molecule has 0 aliphatic heterocycles. The van der Waals surface area contributed by atoms with Crippen LogP contribution in [0.1, 0.15) is 28.4 Å².